The number of morpholine rings is 1. The second kappa shape index (κ2) is 8.14. The molecule has 2 aliphatic heterocycles. The molecule has 0 radical (unpaired) electrons. The zero-order chi connectivity index (χ0) is 18.6. The maximum atomic E-state index is 12.2. The molecule has 2 aromatic rings. The van der Waals surface area contributed by atoms with E-state index in [1.54, 1.807) is 6.07 Å². The van der Waals surface area contributed by atoms with Gasteiger partial charge in [0.05, 0.1) is 25.1 Å². The average molecular weight is 371 g/mol. The molecule has 144 valence electrons. The Morgan fingerprint density at radius 1 is 1.26 bits per heavy atom. The van der Waals surface area contributed by atoms with E-state index in [2.05, 4.69) is 24.8 Å². The molecule has 8 heteroatoms. The molecule has 0 atom stereocenters. The lowest BCUT2D eigenvalue weighted by atomic mass is 9.93. The summed E-state index contributed by atoms with van der Waals surface area (Å²) in [7, 11) is 0. The van der Waals surface area contributed by atoms with Gasteiger partial charge in [0, 0.05) is 44.1 Å². The van der Waals surface area contributed by atoms with Gasteiger partial charge in [-0.15, -0.1) is 0 Å². The zero-order valence-electron chi connectivity index (χ0n) is 15.8. The Bertz CT molecular complexity index is 808. The molecule has 27 heavy (non-hydrogen) atoms. The number of nitrogens with one attached hydrogen (secondary N) is 2. The van der Waals surface area contributed by atoms with Gasteiger partial charge in [-0.1, -0.05) is 4.98 Å². The Kier molecular flexibility index (Phi) is 5.45. The molecular weight excluding hydrogens is 344 g/mol. The molecule has 4 heterocycles. The van der Waals surface area contributed by atoms with Gasteiger partial charge in [-0.3, -0.25) is 14.7 Å². The minimum atomic E-state index is -0.0646. The molecule has 4 rings (SSSR count). The van der Waals surface area contributed by atoms with Crippen molar-refractivity contribution in [1.82, 2.24) is 19.9 Å². The first-order chi connectivity index (χ1) is 13.2. The van der Waals surface area contributed by atoms with Crippen molar-refractivity contribution in [3.05, 3.63) is 45.9 Å². The van der Waals surface area contributed by atoms with Crippen LogP contribution in [-0.2, 0) is 11.3 Å². The second-order valence-corrected chi connectivity index (χ2v) is 7.35. The molecule has 0 spiro atoms. The van der Waals surface area contributed by atoms with E-state index in [4.69, 9.17) is 9.72 Å². The highest BCUT2D eigenvalue weighted by molar-refractivity contribution is 5.31. The third-order valence-electron chi connectivity index (χ3n) is 5.36. The van der Waals surface area contributed by atoms with E-state index in [1.165, 1.54) is 5.56 Å². The summed E-state index contributed by atoms with van der Waals surface area (Å²) in [5.41, 5.74) is 2.05. The molecule has 0 unspecified atom stereocenters. The van der Waals surface area contributed by atoms with Gasteiger partial charge in [0.15, 0.2) is 0 Å². The molecule has 0 amide bonds. The summed E-state index contributed by atoms with van der Waals surface area (Å²) in [6.07, 6.45) is 6.00. The summed E-state index contributed by atoms with van der Waals surface area (Å²) in [5.74, 6) is 1.95. The summed E-state index contributed by atoms with van der Waals surface area (Å²) in [6.45, 7) is 7.75. The molecule has 0 bridgehead atoms. The molecule has 2 aliphatic rings. The van der Waals surface area contributed by atoms with Crippen LogP contribution in [-0.4, -0.2) is 59.2 Å². The Labute approximate surface area is 158 Å². The monoisotopic (exact) mass is 371 g/mol. The van der Waals surface area contributed by atoms with E-state index in [9.17, 15) is 4.79 Å². The van der Waals surface area contributed by atoms with E-state index in [-0.39, 0.29) is 5.56 Å². The summed E-state index contributed by atoms with van der Waals surface area (Å²) in [6, 6.07) is 1.67. The van der Waals surface area contributed by atoms with Crippen LogP contribution in [0.1, 0.15) is 35.8 Å². The normalized spacial score (nSPS) is 19.4. The van der Waals surface area contributed by atoms with Crippen LogP contribution in [0.25, 0.3) is 0 Å². The van der Waals surface area contributed by atoms with Crippen molar-refractivity contribution in [2.24, 2.45) is 0 Å². The third kappa shape index (κ3) is 4.51. The van der Waals surface area contributed by atoms with Crippen LogP contribution in [0.5, 0.6) is 0 Å². The zero-order valence-corrected chi connectivity index (χ0v) is 15.8. The van der Waals surface area contributed by atoms with E-state index in [1.807, 2.05) is 19.3 Å². The molecular formula is C19H27N6O2+. The number of H-pyrrole nitrogens is 2. The maximum absolute atomic E-state index is 12.2. The fourth-order valence-corrected chi connectivity index (χ4v) is 3.78. The first-order valence-corrected chi connectivity index (χ1v) is 9.67. The highest BCUT2D eigenvalue weighted by atomic mass is 16.5. The van der Waals surface area contributed by atoms with Crippen molar-refractivity contribution in [3.63, 3.8) is 0 Å². The first kappa shape index (κ1) is 18.1. The Balaban J connectivity index is 1.39. The van der Waals surface area contributed by atoms with Crippen molar-refractivity contribution in [3.8, 4) is 0 Å². The van der Waals surface area contributed by atoms with Crippen LogP contribution in [0.3, 0.4) is 0 Å². The van der Waals surface area contributed by atoms with Crippen molar-refractivity contribution in [1.29, 1.82) is 0 Å². The molecule has 0 saturated carbocycles. The average Bonchev–Trinajstić information content (AvgIpc) is 2.70. The van der Waals surface area contributed by atoms with Crippen LogP contribution in [0.15, 0.2) is 23.3 Å². The second-order valence-electron chi connectivity index (χ2n) is 7.35. The highest BCUT2D eigenvalue weighted by Crippen LogP contribution is 2.27. The number of piperidine rings is 1. The number of ether oxygens (including phenoxy) is 1. The largest absolute Gasteiger partial charge is 0.378 e. The molecule has 2 N–H and O–H groups in total. The lowest BCUT2D eigenvalue weighted by Crippen LogP contribution is -2.39. The van der Waals surface area contributed by atoms with E-state index < -0.39 is 0 Å². The number of anilines is 1. The van der Waals surface area contributed by atoms with Crippen LogP contribution in [0.2, 0.25) is 0 Å². The van der Waals surface area contributed by atoms with Crippen LogP contribution >= 0.6 is 0 Å². The molecule has 8 nitrogen and oxygen atoms in total. The number of aryl methyl sites for hydroxylation is 1. The van der Waals surface area contributed by atoms with Crippen molar-refractivity contribution in [2.45, 2.75) is 32.2 Å². The molecule has 0 aromatic carbocycles. The van der Waals surface area contributed by atoms with E-state index in [0.29, 0.717) is 25.1 Å². The van der Waals surface area contributed by atoms with Gasteiger partial charge in [0.25, 0.3) is 11.4 Å². The number of aromatic amines is 2. The van der Waals surface area contributed by atoms with E-state index >= 15 is 0 Å². The van der Waals surface area contributed by atoms with Crippen LogP contribution in [0.4, 0.5) is 5.95 Å². The first-order valence-electron chi connectivity index (χ1n) is 9.67. The van der Waals surface area contributed by atoms with Crippen LogP contribution < -0.4 is 15.4 Å². The topological polar surface area (TPSA) is 88.5 Å². The van der Waals surface area contributed by atoms with Crippen molar-refractivity contribution in [2.75, 3.05) is 44.3 Å². The van der Waals surface area contributed by atoms with Crippen LogP contribution in [0, 0.1) is 6.92 Å². The fraction of sp³-hybridized carbons (Fsp3) is 0.579. The van der Waals surface area contributed by atoms with Crippen molar-refractivity contribution < 1.29 is 9.72 Å². The maximum Gasteiger partial charge on any atom is 0.292 e. The van der Waals surface area contributed by atoms with Gasteiger partial charge in [-0.25, -0.2) is 9.97 Å². The lowest BCUT2D eigenvalue weighted by molar-refractivity contribution is -0.393. The van der Waals surface area contributed by atoms with Gasteiger partial charge in [-0.2, -0.15) is 0 Å². The molecule has 2 saturated heterocycles. The number of hydrogen-bond donors (Lipinski definition) is 1. The summed E-state index contributed by atoms with van der Waals surface area (Å²) >= 11 is 0. The smallest absolute Gasteiger partial charge is 0.292 e. The standard InChI is InChI=1S/C19H26N6O2/c1-14-20-11-15(12-21-14)13-24-4-2-16(3-5-24)17-10-18(26)23-19(22-17)25-6-8-27-9-7-25/h10-12,16H,2-9,13H2,1H3,(H,22,23,26)/p+1. The summed E-state index contributed by atoms with van der Waals surface area (Å²) < 4.78 is 5.39. The van der Waals surface area contributed by atoms with E-state index in [0.717, 1.165) is 57.1 Å². The predicted molar refractivity (Wildman–Crippen MR) is 101 cm³/mol. The SMILES string of the molecule is Cc1ncc(CN2CCC(c3cc(=O)[nH]c(N4CCOCC4)n3)CC2)c[nH+]1. The minimum absolute atomic E-state index is 0.0646. The molecule has 2 aromatic heterocycles. The molecule has 0 aliphatic carbocycles. The fourth-order valence-electron chi connectivity index (χ4n) is 3.78. The van der Waals surface area contributed by atoms with Crippen molar-refractivity contribution >= 4 is 5.95 Å². The number of hydrogen-bond acceptors (Lipinski definition) is 6. The Morgan fingerprint density at radius 2 is 2.04 bits per heavy atom. The number of rotatable bonds is 4. The highest BCUT2D eigenvalue weighted by Gasteiger charge is 2.24. The number of aromatic nitrogens is 4. The number of nitrogens with zero attached hydrogens (tertiary/aromatic N) is 4. The summed E-state index contributed by atoms with van der Waals surface area (Å²) in [4.78, 5) is 31.9. The quantitative estimate of drug-likeness (QED) is 0.842. The van der Waals surface area contributed by atoms with Gasteiger partial charge in [0.1, 0.15) is 6.20 Å². The molecule has 2 fully saturated rings. The predicted octanol–water partition coefficient (Wildman–Crippen LogP) is 0.504. The van der Waals surface area contributed by atoms with Gasteiger partial charge >= 0.3 is 0 Å². The van der Waals surface area contributed by atoms with Gasteiger partial charge in [0.2, 0.25) is 5.95 Å². The Morgan fingerprint density at radius 3 is 2.74 bits per heavy atom. The minimum Gasteiger partial charge on any atom is -0.378 e. The lowest BCUT2D eigenvalue weighted by Gasteiger charge is -2.32. The third-order valence-corrected chi connectivity index (χ3v) is 5.36. The van der Waals surface area contributed by atoms with Gasteiger partial charge < -0.3 is 9.64 Å². The van der Waals surface area contributed by atoms with Gasteiger partial charge in [-0.05, 0) is 25.9 Å². The summed E-state index contributed by atoms with van der Waals surface area (Å²) in [5, 5.41) is 0. The Hall–Kier alpha value is -2.32. The number of likely N-dealkylation sites (tertiary alicyclic amines) is 1.